The van der Waals surface area contributed by atoms with Crippen molar-refractivity contribution in [2.45, 2.75) is 13.8 Å². The fourth-order valence-electron chi connectivity index (χ4n) is 3.49. The summed E-state index contributed by atoms with van der Waals surface area (Å²) < 4.78 is 3.67. The van der Waals surface area contributed by atoms with Crippen molar-refractivity contribution < 1.29 is 0 Å². The Balaban J connectivity index is 1.36. The Morgan fingerprint density at radius 2 is 1.52 bits per heavy atom. The molecule has 5 rings (SSSR count). The number of hydrogen-bond acceptors (Lipinski definition) is 6. The highest BCUT2D eigenvalue weighted by Crippen LogP contribution is 2.35. The van der Waals surface area contributed by atoms with Gasteiger partial charge >= 0.3 is 0 Å². The molecular formula is C20H19BrN4S2. The van der Waals surface area contributed by atoms with E-state index in [1.807, 2.05) is 11.3 Å². The van der Waals surface area contributed by atoms with E-state index >= 15 is 0 Å². The van der Waals surface area contributed by atoms with Gasteiger partial charge in [-0.1, -0.05) is 50.7 Å². The second-order valence-electron chi connectivity index (χ2n) is 6.96. The molecule has 2 aromatic carbocycles. The highest BCUT2D eigenvalue weighted by atomic mass is 79.9. The maximum atomic E-state index is 4.95. The van der Waals surface area contributed by atoms with E-state index in [9.17, 15) is 0 Å². The quantitative estimate of drug-likeness (QED) is 0.390. The first kappa shape index (κ1) is 17.4. The van der Waals surface area contributed by atoms with E-state index < -0.39 is 0 Å². The Morgan fingerprint density at radius 3 is 2.22 bits per heavy atom. The molecule has 0 saturated carbocycles. The summed E-state index contributed by atoms with van der Waals surface area (Å²) in [6.07, 6.45) is 0. The topological polar surface area (TPSA) is 32.3 Å². The van der Waals surface area contributed by atoms with Crippen molar-refractivity contribution in [3.8, 4) is 0 Å². The zero-order valence-electron chi connectivity index (χ0n) is 15.2. The Kier molecular flexibility index (Phi) is 4.33. The van der Waals surface area contributed by atoms with E-state index in [0.717, 1.165) is 51.9 Å². The Labute approximate surface area is 174 Å². The number of hydrogen-bond donors (Lipinski definition) is 0. The molecule has 0 atom stereocenters. The van der Waals surface area contributed by atoms with Gasteiger partial charge < -0.3 is 9.80 Å². The van der Waals surface area contributed by atoms with Crippen molar-refractivity contribution in [3.63, 3.8) is 0 Å². The predicted molar refractivity (Wildman–Crippen MR) is 121 cm³/mol. The highest BCUT2D eigenvalue weighted by Gasteiger charge is 2.22. The standard InChI is InChI=1S/C20H19BrN4S2/c1-12-3-4-13(2)18-17(12)23-20(27-18)25-9-7-24(8-10-25)19-22-15-6-5-14(21)11-16(15)26-19/h3-6,11H,7-10H2,1-2H3. The van der Waals surface area contributed by atoms with E-state index in [0.29, 0.717) is 0 Å². The van der Waals surface area contributed by atoms with E-state index in [-0.39, 0.29) is 0 Å². The monoisotopic (exact) mass is 458 g/mol. The molecule has 2 aromatic heterocycles. The van der Waals surface area contributed by atoms with Crippen LogP contribution in [0.2, 0.25) is 0 Å². The first-order valence-electron chi connectivity index (χ1n) is 9.01. The molecule has 1 aliphatic rings. The van der Waals surface area contributed by atoms with Gasteiger partial charge in [-0.15, -0.1) is 0 Å². The third kappa shape index (κ3) is 3.11. The minimum absolute atomic E-state index is 0.981. The zero-order chi connectivity index (χ0) is 18.5. The van der Waals surface area contributed by atoms with Crippen LogP contribution in [0.4, 0.5) is 10.3 Å². The number of fused-ring (bicyclic) bond motifs is 2. The molecule has 3 heterocycles. The second kappa shape index (κ2) is 6.72. The van der Waals surface area contributed by atoms with Crippen LogP contribution in [0.25, 0.3) is 20.4 Å². The Morgan fingerprint density at radius 1 is 0.852 bits per heavy atom. The summed E-state index contributed by atoms with van der Waals surface area (Å²) >= 11 is 7.15. The first-order valence-corrected chi connectivity index (χ1v) is 11.4. The summed E-state index contributed by atoms with van der Waals surface area (Å²) in [5.41, 5.74) is 4.82. The number of benzene rings is 2. The van der Waals surface area contributed by atoms with Gasteiger partial charge in [0, 0.05) is 30.7 Å². The van der Waals surface area contributed by atoms with Crippen molar-refractivity contribution in [3.05, 3.63) is 45.9 Å². The minimum Gasteiger partial charge on any atom is -0.345 e. The van der Waals surface area contributed by atoms with Crippen LogP contribution < -0.4 is 9.80 Å². The van der Waals surface area contributed by atoms with Crippen molar-refractivity contribution in [1.82, 2.24) is 9.97 Å². The van der Waals surface area contributed by atoms with E-state index in [2.05, 4.69) is 69.9 Å². The van der Waals surface area contributed by atoms with Crippen molar-refractivity contribution in [2.75, 3.05) is 36.0 Å². The summed E-state index contributed by atoms with van der Waals surface area (Å²) in [6, 6.07) is 10.7. The number of aromatic nitrogens is 2. The predicted octanol–water partition coefficient (Wildman–Crippen LogP) is 5.61. The van der Waals surface area contributed by atoms with Gasteiger partial charge in [-0.3, -0.25) is 0 Å². The van der Waals surface area contributed by atoms with Gasteiger partial charge in [0.05, 0.1) is 20.4 Å². The molecule has 1 saturated heterocycles. The summed E-state index contributed by atoms with van der Waals surface area (Å²) in [5.74, 6) is 0. The molecule has 0 amide bonds. The lowest BCUT2D eigenvalue weighted by Gasteiger charge is -2.34. The number of thiazole rings is 2. The lowest BCUT2D eigenvalue weighted by molar-refractivity contribution is 0.651. The van der Waals surface area contributed by atoms with Gasteiger partial charge in [-0.25, -0.2) is 9.97 Å². The summed E-state index contributed by atoms with van der Waals surface area (Å²) in [4.78, 5) is 14.6. The second-order valence-corrected chi connectivity index (χ2v) is 9.86. The first-order chi connectivity index (χ1) is 13.1. The molecule has 0 N–H and O–H groups in total. The molecule has 0 bridgehead atoms. The van der Waals surface area contributed by atoms with Crippen LogP contribution in [0.15, 0.2) is 34.8 Å². The van der Waals surface area contributed by atoms with Crippen LogP contribution in [-0.4, -0.2) is 36.1 Å². The molecular weight excluding hydrogens is 440 g/mol. The Bertz CT molecular complexity index is 1100. The number of aryl methyl sites for hydroxylation is 2. The average Bonchev–Trinajstić information content (AvgIpc) is 3.30. The van der Waals surface area contributed by atoms with Crippen molar-refractivity contribution >= 4 is 69.3 Å². The lowest BCUT2D eigenvalue weighted by Crippen LogP contribution is -2.46. The van der Waals surface area contributed by atoms with Crippen LogP contribution in [0.3, 0.4) is 0 Å². The largest absolute Gasteiger partial charge is 0.345 e. The van der Waals surface area contributed by atoms with Gasteiger partial charge in [-0.2, -0.15) is 0 Å². The molecule has 0 spiro atoms. The third-order valence-electron chi connectivity index (χ3n) is 5.09. The number of halogens is 1. The SMILES string of the molecule is Cc1ccc(C)c2sc(N3CCN(c4nc5ccc(Br)cc5s4)CC3)nc12. The molecule has 1 fully saturated rings. The van der Waals surface area contributed by atoms with Crippen LogP contribution >= 0.6 is 38.6 Å². The minimum atomic E-state index is 0.981. The summed E-state index contributed by atoms with van der Waals surface area (Å²) in [7, 11) is 0. The van der Waals surface area contributed by atoms with E-state index in [4.69, 9.17) is 9.97 Å². The van der Waals surface area contributed by atoms with Gasteiger partial charge in [0.15, 0.2) is 10.3 Å². The number of anilines is 2. The fourth-order valence-corrected chi connectivity index (χ4v) is 6.23. The number of piperazine rings is 1. The van der Waals surface area contributed by atoms with E-state index in [1.54, 1.807) is 11.3 Å². The maximum Gasteiger partial charge on any atom is 0.186 e. The van der Waals surface area contributed by atoms with E-state index in [1.165, 1.54) is 20.5 Å². The zero-order valence-corrected chi connectivity index (χ0v) is 18.4. The molecule has 0 aliphatic carbocycles. The number of nitrogens with zero attached hydrogens (tertiary/aromatic N) is 4. The van der Waals surface area contributed by atoms with Gasteiger partial charge in [0.25, 0.3) is 0 Å². The molecule has 0 unspecified atom stereocenters. The normalized spacial score (nSPS) is 15.2. The summed E-state index contributed by atoms with van der Waals surface area (Å²) in [5, 5.41) is 2.27. The smallest absolute Gasteiger partial charge is 0.186 e. The van der Waals surface area contributed by atoms with Gasteiger partial charge in [-0.05, 0) is 43.2 Å². The van der Waals surface area contributed by atoms with Crippen LogP contribution in [0, 0.1) is 13.8 Å². The molecule has 1 aliphatic heterocycles. The third-order valence-corrected chi connectivity index (χ3v) is 7.91. The Hall–Kier alpha value is -1.70. The average molecular weight is 459 g/mol. The molecule has 138 valence electrons. The van der Waals surface area contributed by atoms with Crippen molar-refractivity contribution in [2.24, 2.45) is 0 Å². The maximum absolute atomic E-state index is 4.95. The molecule has 27 heavy (non-hydrogen) atoms. The summed E-state index contributed by atoms with van der Waals surface area (Å²) in [6.45, 7) is 8.25. The van der Waals surface area contributed by atoms with Crippen LogP contribution in [0.1, 0.15) is 11.1 Å². The van der Waals surface area contributed by atoms with Gasteiger partial charge in [0.1, 0.15) is 0 Å². The molecule has 7 heteroatoms. The van der Waals surface area contributed by atoms with Crippen LogP contribution in [-0.2, 0) is 0 Å². The highest BCUT2D eigenvalue weighted by molar-refractivity contribution is 9.10. The number of rotatable bonds is 2. The molecule has 4 aromatic rings. The van der Waals surface area contributed by atoms with Crippen molar-refractivity contribution in [1.29, 1.82) is 0 Å². The molecule has 0 radical (unpaired) electrons. The van der Waals surface area contributed by atoms with Crippen LogP contribution in [0.5, 0.6) is 0 Å². The van der Waals surface area contributed by atoms with Gasteiger partial charge in [0.2, 0.25) is 0 Å². The lowest BCUT2D eigenvalue weighted by atomic mass is 10.1. The molecule has 4 nitrogen and oxygen atoms in total. The fraction of sp³-hybridized carbons (Fsp3) is 0.300.